The molecule has 7 heteroatoms. The highest BCUT2D eigenvalue weighted by Crippen LogP contribution is 2.13. The van der Waals surface area contributed by atoms with E-state index in [2.05, 4.69) is 35.7 Å². The van der Waals surface area contributed by atoms with Gasteiger partial charge in [0.05, 0.1) is 11.6 Å². The lowest BCUT2D eigenvalue weighted by atomic mass is 10.3. The molecule has 3 aromatic rings. The zero-order valence-electron chi connectivity index (χ0n) is 9.70. The minimum atomic E-state index is -0.0598. The van der Waals surface area contributed by atoms with Gasteiger partial charge >= 0.3 is 0 Å². The zero-order chi connectivity index (χ0) is 12.4. The molecule has 0 aliphatic heterocycles. The van der Waals surface area contributed by atoms with E-state index in [1.807, 2.05) is 31.2 Å². The van der Waals surface area contributed by atoms with E-state index in [9.17, 15) is 0 Å². The molecule has 0 saturated carbocycles. The Hall–Kier alpha value is -2.57. The normalized spacial score (nSPS) is 12.5. The van der Waals surface area contributed by atoms with Crippen LogP contribution in [-0.4, -0.2) is 30.4 Å². The molecule has 0 spiro atoms. The van der Waals surface area contributed by atoms with Crippen LogP contribution >= 0.6 is 0 Å². The minimum Gasteiger partial charge on any atom is -0.343 e. The summed E-state index contributed by atoms with van der Waals surface area (Å²) in [5.41, 5.74) is 1.58. The topological polar surface area (TPSA) is 92.3 Å². The number of aromatic amines is 1. The van der Waals surface area contributed by atoms with E-state index in [0.717, 1.165) is 16.9 Å². The van der Waals surface area contributed by atoms with Crippen LogP contribution < -0.4 is 5.32 Å². The van der Waals surface area contributed by atoms with Crippen molar-refractivity contribution in [2.75, 3.05) is 5.32 Å². The zero-order valence-corrected chi connectivity index (χ0v) is 9.70. The molecule has 7 nitrogen and oxygen atoms in total. The summed E-state index contributed by atoms with van der Waals surface area (Å²) in [7, 11) is 0. The van der Waals surface area contributed by atoms with Crippen LogP contribution in [0.2, 0.25) is 0 Å². The molecular weight excluding hydrogens is 230 g/mol. The second-order valence-corrected chi connectivity index (χ2v) is 3.86. The maximum absolute atomic E-state index is 4.38. The molecule has 0 amide bonds. The summed E-state index contributed by atoms with van der Waals surface area (Å²) >= 11 is 0. The van der Waals surface area contributed by atoms with Crippen LogP contribution in [0.4, 0.5) is 5.95 Å². The molecule has 0 radical (unpaired) electrons. The van der Waals surface area contributed by atoms with Gasteiger partial charge in [-0.25, -0.2) is 9.97 Å². The molecule has 2 aromatic heterocycles. The summed E-state index contributed by atoms with van der Waals surface area (Å²) in [6.07, 6.45) is 1.47. The number of fused-ring (bicyclic) bond motifs is 1. The number of hydrogen-bond donors (Lipinski definition) is 2. The number of benzene rings is 1. The number of hydrogen-bond acceptors (Lipinski definition) is 6. The number of para-hydroxylation sites is 1. The van der Waals surface area contributed by atoms with Crippen LogP contribution in [0.15, 0.2) is 30.6 Å². The van der Waals surface area contributed by atoms with Crippen LogP contribution in [-0.2, 0) is 0 Å². The first-order valence-corrected chi connectivity index (χ1v) is 5.54. The minimum absolute atomic E-state index is 0.0598. The van der Waals surface area contributed by atoms with Gasteiger partial charge in [-0.3, -0.25) is 5.10 Å². The van der Waals surface area contributed by atoms with Gasteiger partial charge in [-0.15, -0.1) is 10.2 Å². The average molecular weight is 241 g/mol. The van der Waals surface area contributed by atoms with Gasteiger partial charge in [-0.2, -0.15) is 5.10 Å². The van der Waals surface area contributed by atoms with Gasteiger partial charge in [0, 0.05) is 0 Å². The molecule has 2 N–H and O–H groups in total. The molecular formula is C11H11N7. The monoisotopic (exact) mass is 241 g/mol. The smallest absolute Gasteiger partial charge is 0.243 e. The molecule has 18 heavy (non-hydrogen) atoms. The number of aromatic nitrogens is 6. The van der Waals surface area contributed by atoms with Crippen molar-refractivity contribution in [2.45, 2.75) is 13.0 Å². The third kappa shape index (κ3) is 1.97. The van der Waals surface area contributed by atoms with E-state index in [4.69, 9.17) is 0 Å². The number of rotatable bonds is 3. The highest BCUT2D eigenvalue weighted by molar-refractivity contribution is 5.74. The van der Waals surface area contributed by atoms with Crippen molar-refractivity contribution < 1.29 is 0 Å². The Morgan fingerprint density at radius 3 is 2.78 bits per heavy atom. The van der Waals surface area contributed by atoms with Crippen LogP contribution in [0.3, 0.4) is 0 Å². The first-order valence-electron chi connectivity index (χ1n) is 5.54. The second-order valence-electron chi connectivity index (χ2n) is 3.86. The predicted molar refractivity (Wildman–Crippen MR) is 65.8 cm³/mol. The molecule has 1 unspecified atom stereocenters. The van der Waals surface area contributed by atoms with Crippen LogP contribution in [0, 0.1) is 0 Å². The van der Waals surface area contributed by atoms with E-state index in [-0.39, 0.29) is 6.04 Å². The van der Waals surface area contributed by atoms with Crippen molar-refractivity contribution >= 4 is 17.0 Å². The van der Waals surface area contributed by atoms with Crippen molar-refractivity contribution in [1.82, 2.24) is 30.4 Å². The molecule has 90 valence electrons. The highest BCUT2D eigenvalue weighted by Gasteiger charge is 2.10. The standard InChI is InChI=1S/C11H11N7/c1-7(10-12-6-13-17-10)14-11-15-8-4-2-3-5-9(8)16-18-11/h2-7H,1H3,(H,12,13,17)(H,14,15,18). The van der Waals surface area contributed by atoms with Gasteiger partial charge in [-0.1, -0.05) is 12.1 Å². The third-order valence-electron chi connectivity index (χ3n) is 2.55. The van der Waals surface area contributed by atoms with Crippen molar-refractivity contribution in [2.24, 2.45) is 0 Å². The van der Waals surface area contributed by atoms with E-state index in [1.54, 1.807) is 0 Å². The quantitative estimate of drug-likeness (QED) is 0.718. The number of anilines is 1. The largest absolute Gasteiger partial charge is 0.343 e. The van der Waals surface area contributed by atoms with Crippen LogP contribution in [0.1, 0.15) is 18.8 Å². The Morgan fingerprint density at radius 2 is 2.00 bits per heavy atom. The summed E-state index contributed by atoms with van der Waals surface area (Å²) in [4.78, 5) is 8.45. The lowest BCUT2D eigenvalue weighted by molar-refractivity contribution is 0.778. The molecule has 0 fully saturated rings. The lowest BCUT2D eigenvalue weighted by Crippen LogP contribution is -2.11. The summed E-state index contributed by atoms with van der Waals surface area (Å²) in [5, 5.41) is 17.8. The van der Waals surface area contributed by atoms with E-state index < -0.39 is 0 Å². The van der Waals surface area contributed by atoms with Crippen LogP contribution in [0.5, 0.6) is 0 Å². The number of nitrogens with one attached hydrogen (secondary N) is 2. The van der Waals surface area contributed by atoms with Crippen molar-refractivity contribution in [3.05, 3.63) is 36.4 Å². The van der Waals surface area contributed by atoms with Crippen molar-refractivity contribution in [1.29, 1.82) is 0 Å². The maximum atomic E-state index is 4.38. The molecule has 0 aliphatic carbocycles. The Labute approximate surface area is 103 Å². The third-order valence-corrected chi connectivity index (χ3v) is 2.55. The summed E-state index contributed by atoms with van der Waals surface area (Å²) in [6.45, 7) is 1.94. The van der Waals surface area contributed by atoms with E-state index in [1.165, 1.54) is 6.33 Å². The Kier molecular flexibility index (Phi) is 2.56. The molecule has 0 saturated heterocycles. The molecule has 2 heterocycles. The van der Waals surface area contributed by atoms with Gasteiger partial charge < -0.3 is 5.32 Å². The lowest BCUT2D eigenvalue weighted by Gasteiger charge is -2.10. The number of H-pyrrole nitrogens is 1. The first kappa shape index (κ1) is 10.6. The fourth-order valence-electron chi connectivity index (χ4n) is 1.63. The number of nitrogens with zero attached hydrogens (tertiary/aromatic N) is 5. The van der Waals surface area contributed by atoms with Gasteiger partial charge in [0.25, 0.3) is 0 Å². The molecule has 3 rings (SSSR count). The predicted octanol–water partition coefficient (Wildman–Crippen LogP) is 1.32. The molecule has 0 bridgehead atoms. The fraction of sp³-hybridized carbons (Fsp3) is 0.182. The van der Waals surface area contributed by atoms with E-state index >= 15 is 0 Å². The van der Waals surface area contributed by atoms with E-state index in [0.29, 0.717) is 5.95 Å². The van der Waals surface area contributed by atoms with Crippen molar-refractivity contribution in [3.63, 3.8) is 0 Å². The summed E-state index contributed by atoms with van der Waals surface area (Å²) < 4.78 is 0. The van der Waals surface area contributed by atoms with Crippen molar-refractivity contribution in [3.8, 4) is 0 Å². The molecule has 1 atom stereocenters. The summed E-state index contributed by atoms with van der Waals surface area (Å²) in [6, 6.07) is 7.53. The molecule has 0 aliphatic rings. The Bertz CT molecular complexity index is 649. The van der Waals surface area contributed by atoms with Gasteiger partial charge in [0.1, 0.15) is 17.7 Å². The highest BCUT2D eigenvalue weighted by atomic mass is 15.3. The molecule has 1 aromatic carbocycles. The second kappa shape index (κ2) is 4.36. The maximum Gasteiger partial charge on any atom is 0.243 e. The first-order chi connectivity index (χ1) is 8.83. The Balaban J connectivity index is 1.86. The average Bonchev–Trinajstić information content (AvgIpc) is 2.92. The van der Waals surface area contributed by atoms with Gasteiger partial charge in [-0.05, 0) is 19.1 Å². The van der Waals surface area contributed by atoms with Gasteiger partial charge in [0.15, 0.2) is 0 Å². The SMILES string of the molecule is CC(Nc1nnc2ccccc2n1)c1ncn[nH]1. The van der Waals surface area contributed by atoms with Crippen LogP contribution in [0.25, 0.3) is 11.0 Å². The van der Waals surface area contributed by atoms with Gasteiger partial charge in [0.2, 0.25) is 5.95 Å². The Morgan fingerprint density at radius 1 is 1.17 bits per heavy atom. The fourth-order valence-corrected chi connectivity index (χ4v) is 1.63. The summed E-state index contributed by atoms with van der Waals surface area (Å²) in [5.74, 6) is 1.20.